The molecule has 0 radical (unpaired) electrons. The summed E-state index contributed by atoms with van der Waals surface area (Å²) in [4.78, 5) is 49.8. The number of aryl methyl sites for hydroxylation is 1. The molecular weight excluding hydrogens is 580 g/mol. The van der Waals surface area contributed by atoms with Gasteiger partial charge in [0.2, 0.25) is 11.8 Å². The summed E-state index contributed by atoms with van der Waals surface area (Å²) in [7, 11) is 1.60. The lowest BCUT2D eigenvalue weighted by molar-refractivity contribution is -0.133. The van der Waals surface area contributed by atoms with Gasteiger partial charge in [-0.05, 0) is 49.4 Å². The number of rotatable bonds is 7. The average Bonchev–Trinajstić information content (AvgIpc) is 2.94. The highest BCUT2D eigenvalue weighted by Gasteiger charge is 2.48. The Balaban J connectivity index is 1.66. The fourth-order valence-electron chi connectivity index (χ4n) is 5.59. The number of alkyl halides is 2. The summed E-state index contributed by atoms with van der Waals surface area (Å²) < 4.78 is 56.7. The van der Waals surface area contributed by atoms with Crippen molar-refractivity contribution in [3.05, 3.63) is 89.1 Å². The van der Waals surface area contributed by atoms with Crippen LogP contribution in [0.4, 0.5) is 29.1 Å². The van der Waals surface area contributed by atoms with Crippen molar-refractivity contribution >= 4 is 29.2 Å². The maximum Gasteiger partial charge on any atom is 0.252 e. The normalized spacial score (nSPS) is 19.1. The molecular formula is C31H28F4N6O3. The maximum atomic E-state index is 14.7. The van der Waals surface area contributed by atoms with Gasteiger partial charge in [-0.3, -0.25) is 29.1 Å². The summed E-state index contributed by atoms with van der Waals surface area (Å²) in [6.45, 7) is 1.51. The molecule has 1 saturated carbocycles. The van der Waals surface area contributed by atoms with Gasteiger partial charge in [0, 0.05) is 37.7 Å². The second kappa shape index (κ2) is 12.0. The van der Waals surface area contributed by atoms with E-state index in [-0.39, 0.29) is 35.7 Å². The van der Waals surface area contributed by atoms with Gasteiger partial charge >= 0.3 is 0 Å². The van der Waals surface area contributed by atoms with Crippen molar-refractivity contribution in [3.63, 3.8) is 0 Å². The van der Waals surface area contributed by atoms with Crippen LogP contribution in [0.1, 0.15) is 35.6 Å². The van der Waals surface area contributed by atoms with E-state index in [0.717, 1.165) is 21.9 Å². The van der Waals surface area contributed by atoms with Crippen LogP contribution < -0.4 is 15.1 Å². The van der Waals surface area contributed by atoms with Crippen LogP contribution in [0.15, 0.2) is 60.8 Å². The number of aromatic nitrogens is 1. The molecule has 3 amide bonds. The van der Waals surface area contributed by atoms with Gasteiger partial charge in [0.1, 0.15) is 29.5 Å². The van der Waals surface area contributed by atoms with E-state index in [0.29, 0.717) is 11.6 Å². The van der Waals surface area contributed by atoms with Gasteiger partial charge in [0.25, 0.3) is 11.8 Å². The number of pyridine rings is 1. The van der Waals surface area contributed by atoms with E-state index in [4.69, 9.17) is 0 Å². The lowest BCUT2D eigenvalue weighted by Crippen LogP contribution is -2.63. The van der Waals surface area contributed by atoms with Crippen LogP contribution in [-0.4, -0.2) is 65.7 Å². The molecule has 5 rings (SSSR count). The number of nitrogens with zero attached hydrogens (tertiary/aromatic N) is 5. The lowest BCUT2D eigenvalue weighted by Gasteiger charge is -2.43. The Bertz CT molecular complexity index is 1630. The molecule has 2 heterocycles. The van der Waals surface area contributed by atoms with Crippen molar-refractivity contribution in [2.24, 2.45) is 0 Å². The number of hydrogen-bond acceptors (Lipinski definition) is 6. The number of carbonyl (C=O) groups excluding carboxylic acids is 3. The summed E-state index contributed by atoms with van der Waals surface area (Å²) in [6.07, 6.45) is 0.107. The monoisotopic (exact) mass is 608 g/mol. The largest absolute Gasteiger partial charge is 0.351 e. The standard InChI is InChI=1S/C31H28F4N6O3/c1-18-5-3-4-6-24(18)28(29(43)38-22-13-31(34,35)14-22)40(23-11-20(32)10-21(33)12-23)30(44)25-16-39(2)17-27(42)41(25)26-9-19(15-36)7-8-37-26/h3-12,22,25,28H,13-14,16-17H2,1-2H3,(H,38,43). The highest BCUT2D eigenvalue weighted by Crippen LogP contribution is 2.39. The molecule has 1 saturated heterocycles. The minimum atomic E-state index is -2.95. The van der Waals surface area contributed by atoms with E-state index < -0.39 is 66.2 Å². The Kier molecular flexibility index (Phi) is 8.38. The molecule has 1 aliphatic carbocycles. The Labute approximate surface area is 250 Å². The first-order chi connectivity index (χ1) is 20.9. The van der Waals surface area contributed by atoms with E-state index in [1.165, 1.54) is 18.3 Å². The third-order valence-corrected chi connectivity index (χ3v) is 7.67. The molecule has 9 nitrogen and oxygen atoms in total. The van der Waals surface area contributed by atoms with Crippen LogP contribution in [0.5, 0.6) is 0 Å². The second-order valence-electron chi connectivity index (χ2n) is 11.1. The van der Waals surface area contributed by atoms with E-state index >= 15 is 0 Å². The Morgan fingerprint density at radius 1 is 1.11 bits per heavy atom. The Morgan fingerprint density at radius 3 is 2.43 bits per heavy atom. The first-order valence-corrected chi connectivity index (χ1v) is 13.8. The fraction of sp³-hybridized carbons (Fsp3) is 0.323. The topological polar surface area (TPSA) is 110 Å². The van der Waals surface area contributed by atoms with Gasteiger partial charge in [-0.1, -0.05) is 24.3 Å². The predicted molar refractivity (Wildman–Crippen MR) is 152 cm³/mol. The van der Waals surface area contributed by atoms with Crippen molar-refractivity contribution in [2.45, 2.75) is 43.8 Å². The number of amides is 3. The zero-order valence-corrected chi connectivity index (χ0v) is 23.8. The van der Waals surface area contributed by atoms with Crippen LogP contribution in [0.3, 0.4) is 0 Å². The molecule has 44 heavy (non-hydrogen) atoms. The maximum absolute atomic E-state index is 14.7. The number of anilines is 2. The van der Waals surface area contributed by atoms with Crippen molar-refractivity contribution < 1.29 is 31.9 Å². The highest BCUT2D eigenvalue weighted by molar-refractivity contribution is 6.10. The molecule has 0 spiro atoms. The molecule has 2 aliphatic rings. The number of nitriles is 1. The summed E-state index contributed by atoms with van der Waals surface area (Å²) in [5.74, 6) is -7.28. The molecule has 228 valence electrons. The van der Waals surface area contributed by atoms with Crippen LogP contribution in [0.2, 0.25) is 0 Å². The SMILES string of the molecule is Cc1ccccc1C(C(=O)NC1CC(F)(F)C1)N(C(=O)C1CN(C)CC(=O)N1c1cc(C#N)ccn1)c1cc(F)cc(F)c1. The lowest BCUT2D eigenvalue weighted by atomic mass is 9.87. The van der Waals surface area contributed by atoms with Gasteiger partial charge in [0.05, 0.1) is 23.9 Å². The van der Waals surface area contributed by atoms with E-state index in [9.17, 15) is 37.2 Å². The van der Waals surface area contributed by atoms with Crippen molar-refractivity contribution in [1.82, 2.24) is 15.2 Å². The van der Waals surface area contributed by atoms with Crippen LogP contribution >= 0.6 is 0 Å². The third kappa shape index (κ3) is 6.26. The first-order valence-electron chi connectivity index (χ1n) is 13.8. The summed E-state index contributed by atoms with van der Waals surface area (Å²) in [5, 5.41) is 12.0. The van der Waals surface area contributed by atoms with Gasteiger partial charge in [0.15, 0.2) is 0 Å². The van der Waals surface area contributed by atoms with Crippen molar-refractivity contribution in [3.8, 4) is 6.07 Å². The smallest absolute Gasteiger partial charge is 0.252 e. The highest BCUT2D eigenvalue weighted by atomic mass is 19.3. The Hall–Kier alpha value is -4.83. The molecule has 2 fully saturated rings. The van der Waals surface area contributed by atoms with Gasteiger partial charge in [-0.2, -0.15) is 5.26 Å². The summed E-state index contributed by atoms with van der Waals surface area (Å²) in [6, 6.07) is 9.78. The van der Waals surface area contributed by atoms with Gasteiger partial charge in [-0.25, -0.2) is 22.5 Å². The van der Waals surface area contributed by atoms with Crippen LogP contribution in [0.25, 0.3) is 0 Å². The molecule has 2 unspecified atom stereocenters. The van der Waals surface area contributed by atoms with E-state index in [2.05, 4.69) is 10.3 Å². The van der Waals surface area contributed by atoms with Gasteiger partial charge in [-0.15, -0.1) is 0 Å². The number of halogens is 4. The minimum absolute atomic E-state index is 0.000495. The molecule has 1 N–H and O–H groups in total. The number of nitrogens with one attached hydrogen (secondary N) is 1. The number of carbonyl (C=O) groups is 3. The van der Waals surface area contributed by atoms with Crippen LogP contribution in [0, 0.1) is 29.9 Å². The molecule has 2 aromatic carbocycles. The number of benzene rings is 2. The molecule has 3 aromatic rings. The summed E-state index contributed by atoms with van der Waals surface area (Å²) in [5.41, 5.74) is 0.666. The fourth-order valence-corrected chi connectivity index (χ4v) is 5.59. The van der Waals surface area contributed by atoms with Gasteiger partial charge < -0.3 is 5.32 Å². The zero-order chi connectivity index (χ0) is 31.8. The second-order valence-corrected chi connectivity index (χ2v) is 11.1. The number of piperazine rings is 1. The molecule has 2 atom stereocenters. The first kappa shape index (κ1) is 30.6. The minimum Gasteiger partial charge on any atom is -0.351 e. The quantitative estimate of drug-likeness (QED) is 0.408. The van der Waals surface area contributed by atoms with E-state index in [1.807, 2.05) is 6.07 Å². The molecule has 0 bridgehead atoms. The van der Waals surface area contributed by atoms with E-state index in [1.54, 1.807) is 43.1 Å². The molecule has 1 aromatic heterocycles. The molecule has 1 aliphatic heterocycles. The predicted octanol–water partition coefficient (Wildman–Crippen LogP) is 3.88. The third-order valence-electron chi connectivity index (χ3n) is 7.67. The van der Waals surface area contributed by atoms with Crippen molar-refractivity contribution in [1.29, 1.82) is 5.26 Å². The zero-order valence-electron chi connectivity index (χ0n) is 23.8. The number of likely N-dealkylation sites (N-methyl/N-ethyl adjacent to an activating group) is 1. The van der Waals surface area contributed by atoms with Crippen molar-refractivity contribution in [2.75, 3.05) is 29.9 Å². The van der Waals surface area contributed by atoms with Crippen LogP contribution in [-0.2, 0) is 14.4 Å². The molecule has 13 heteroatoms. The Morgan fingerprint density at radius 2 is 1.80 bits per heavy atom. The summed E-state index contributed by atoms with van der Waals surface area (Å²) >= 11 is 0. The average molecular weight is 609 g/mol. The number of hydrogen-bond donors (Lipinski definition) is 1.